The molecule has 0 amide bonds. The van der Waals surface area contributed by atoms with Crippen LogP contribution in [0.4, 0.5) is 0 Å². The number of hydrogen-bond acceptors (Lipinski definition) is 0. The zero-order valence-electron chi connectivity index (χ0n) is 11.4. The van der Waals surface area contributed by atoms with E-state index in [0.29, 0.717) is 0 Å². The lowest BCUT2D eigenvalue weighted by atomic mass is 9.66. The van der Waals surface area contributed by atoms with E-state index in [4.69, 9.17) is 0 Å². The van der Waals surface area contributed by atoms with E-state index in [1.807, 2.05) is 5.57 Å². The van der Waals surface area contributed by atoms with E-state index < -0.39 is 0 Å². The molecule has 0 heteroatoms. The maximum absolute atomic E-state index is 2.51. The average Bonchev–Trinajstić information content (AvgIpc) is 2.69. The lowest BCUT2D eigenvalue weighted by molar-refractivity contribution is 0.208. The van der Waals surface area contributed by atoms with Crippen LogP contribution >= 0.6 is 0 Å². The summed E-state index contributed by atoms with van der Waals surface area (Å²) in [6, 6.07) is 0. The second-order valence-corrected chi connectivity index (χ2v) is 6.58. The van der Waals surface area contributed by atoms with Crippen LogP contribution in [0.15, 0.2) is 23.3 Å². The van der Waals surface area contributed by atoms with Gasteiger partial charge in [-0.3, -0.25) is 0 Å². The Bertz CT molecular complexity index is 347. The molecule has 0 bridgehead atoms. The second kappa shape index (κ2) is 4.63. The van der Waals surface area contributed by atoms with Crippen LogP contribution in [0.3, 0.4) is 0 Å². The van der Waals surface area contributed by atoms with Crippen molar-refractivity contribution >= 4 is 0 Å². The SMILES string of the molecule is CC1=C2C(C=C1)C(C)CCCC1CCCCC21. The molecule has 2 saturated carbocycles. The van der Waals surface area contributed by atoms with Gasteiger partial charge in [0.2, 0.25) is 0 Å². The van der Waals surface area contributed by atoms with Crippen LogP contribution in [0.2, 0.25) is 0 Å². The van der Waals surface area contributed by atoms with E-state index in [9.17, 15) is 0 Å². The average molecular weight is 230 g/mol. The predicted molar refractivity (Wildman–Crippen MR) is 73.8 cm³/mol. The molecular formula is C17H26. The van der Waals surface area contributed by atoms with Crippen LogP contribution in [-0.4, -0.2) is 0 Å². The Hall–Kier alpha value is -0.520. The Morgan fingerprint density at radius 3 is 2.65 bits per heavy atom. The molecule has 0 radical (unpaired) electrons. The third-order valence-electron chi connectivity index (χ3n) is 5.52. The molecule has 3 aliphatic carbocycles. The third kappa shape index (κ3) is 2.00. The summed E-state index contributed by atoms with van der Waals surface area (Å²) in [6.45, 7) is 4.82. The Kier molecular flexibility index (Phi) is 3.15. The van der Waals surface area contributed by atoms with Crippen LogP contribution in [0.25, 0.3) is 0 Å². The molecule has 0 saturated heterocycles. The smallest absolute Gasteiger partial charge is 0.00142 e. The summed E-state index contributed by atoms with van der Waals surface area (Å²) in [5.74, 6) is 3.62. The van der Waals surface area contributed by atoms with Gasteiger partial charge >= 0.3 is 0 Å². The van der Waals surface area contributed by atoms with Crippen molar-refractivity contribution in [3.63, 3.8) is 0 Å². The highest BCUT2D eigenvalue weighted by Crippen LogP contribution is 2.48. The van der Waals surface area contributed by atoms with Gasteiger partial charge in [0, 0.05) is 5.92 Å². The van der Waals surface area contributed by atoms with Crippen molar-refractivity contribution < 1.29 is 0 Å². The Labute approximate surface area is 106 Å². The molecule has 0 heterocycles. The first-order valence-corrected chi connectivity index (χ1v) is 7.66. The van der Waals surface area contributed by atoms with E-state index in [2.05, 4.69) is 26.0 Å². The standard InChI is InChI=1S/C17H26/c1-12-6-5-8-14-7-3-4-9-16(14)17-13(2)10-11-15(12)17/h10-12,14-16H,3-9H2,1-2H3. The number of hydrogen-bond donors (Lipinski definition) is 0. The zero-order valence-corrected chi connectivity index (χ0v) is 11.4. The highest BCUT2D eigenvalue weighted by molar-refractivity contribution is 5.38. The van der Waals surface area contributed by atoms with Crippen molar-refractivity contribution in [3.05, 3.63) is 23.3 Å². The summed E-state index contributed by atoms with van der Waals surface area (Å²) < 4.78 is 0. The minimum atomic E-state index is 0.792. The van der Waals surface area contributed by atoms with Crippen molar-refractivity contribution in [2.45, 2.75) is 58.8 Å². The fraction of sp³-hybridized carbons (Fsp3) is 0.765. The van der Waals surface area contributed by atoms with Crippen molar-refractivity contribution in [3.8, 4) is 0 Å². The molecule has 0 aromatic rings. The van der Waals surface area contributed by atoms with Crippen molar-refractivity contribution in [2.24, 2.45) is 23.7 Å². The fourth-order valence-electron chi connectivity index (χ4n) is 4.59. The third-order valence-corrected chi connectivity index (χ3v) is 5.52. The van der Waals surface area contributed by atoms with E-state index >= 15 is 0 Å². The largest absolute Gasteiger partial charge is 0.0768 e. The maximum Gasteiger partial charge on any atom is 0.00142 e. The summed E-state index contributed by atoms with van der Waals surface area (Å²) >= 11 is 0. The molecule has 0 aromatic carbocycles. The van der Waals surface area contributed by atoms with Gasteiger partial charge < -0.3 is 0 Å². The topological polar surface area (TPSA) is 0 Å². The van der Waals surface area contributed by atoms with Gasteiger partial charge in [0.1, 0.15) is 0 Å². The molecule has 3 aliphatic rings. The molecule has 4 atom stereocenters. The van der Waals surface area contributed by atoms with Gasteiger partial charge in [-0.05, 0) is 50.4 Å². The molecule has 0 aromatic heterocycles. The van der Waals surface area contributed by atoms with Gasteiger partial charge in [-0.25, -0.2) is 0 Å². The molecule has 17 heavy (non-hydrogen) atoms. The van der Waals surface area contributed by atoms with E-state index in [1.54, 1.807) is 5.57 Å². The van der Waals surface area contributed by atoms with Gasteiger partial charge in [-0.15, -0.1) is 0 Å². The highest BCUT2D eigenvalue weighted by Gasteiger charge is 2.36. The van der Waals surface area contributed by atoms with Crippen molar-refractivity contribution in [2.75, 3.05) is 0 Å². The predicted octanol–water partition coefficient (Wildman–Crippen LogP) is 5.12. The minimum absolute atomic E-state index is 0.792. The molecule has 3 rings (SSSR count). The van der Waals surface area contributed by atoms with Gasteiger partial charge in [0.25, 0.3) is 0 Å². The highest BCUT2D eigenvalue weighted by atomic mass is 14.4. The van der Waals surface area contributed by atoms with Gasteiger partial charge in [0.05, 0.1) is 0 Å². The monoisotopic (exact) mass is 230 g/mol. The van der Waals surface area contributed by atoms with Gasteiger partial charge in [-0.2, -0.15) is 0 Å². The van der Waals surface area contributed by atoms with Crippen LogP contribution in [0.1, 0.15) is 58.8 Å². The molecule has 0 aliphatic heterocycles. The Morgan fingerprint density at radius 1 is 1.00 bits per heavy atom. The van der Waals surface area contributed by atoms with Crippen LogP contribution in [0, 0.1) is 23.7 Å². The molecule has 4 unspecified atom stereocenters. The molecular weight excluding hydrogens is 204 g/mol. The fourth-order valence-corrected chi connectivity index (χ4v) is 4.59. The summed E-state index contributed by atoms with van der Waals surface area (Å²) in [5.41, 5.74) is 3.46. The summed E-state index contributed by atoms with van der Waals surface area (Å²) in [6.07, 6.45) is 15.3. The Morgan fingerprint density at radius 2 is 1.76 bits per heavy atom. The zero-order chi connectivity index (χ0) is 11.8. The van der Waals surface area contributed by atoms with Crippen LogP contribution in [0.5, 0.6) is 0 Å². The number of allylic oxidation sites excluding steroid dienone is 4. The summed E-state index contributed by atoms with van der Waals surface area (Å²) in [4.78, 5) is 0. The normalized spacial score (nSPS) is 41.8. The number of rotatable bonds is 0. The van der Waals surface area contributed by atoms with Crippen LogP contribution < -0.4 is 0 Å². The van der Waals surface area contributed by atoms with Gasteiger partial charge in [-0.1, -0.05) is 49.5 Å². The first-order valence-electron chi connectivity index (χ1n) is 7.66. The molecule has 0 nitrogen and oxygen atoms in total. The maximum atomic E-state index is 2.51. The molecule has 0 spiro atoms. The van der Waals surface area contributed by atoms with E-state index in [-0.39, 0.29) is 0 Å². The lowest BCUT2D eigenvalue weighted by Crippen LogP contribution is -2.28. The van der Waals surface area contributed by atoms with Crippen LogP contribution in [-0.2, 0) is 0 Å². The van der Waals surface area contributed by atoms with Crippen molar-refractivity contribution in [1.82, 2.24) is 0 Å². The van der Waals surface area contributed by atoms with E-state index in [1.165, 1.54) is 44.9 Å². The molecule has 2 fully saturated rings. The number of fused-ring (bicyclic) bond motifs is 3. The van der Waals surface area contributed by atoms with Crippen molar-refractivity contribution in [1.29, 1.82) is 0 Å². The summed E-state index contributed by atoms with van der Waals surface area (Å²) in [7, 11) is 0. The van der Waals surface area contributed by atoms with Gasteiger partial charge in [0.15, 0.2) is 0 Å². The quantitative estimate of drug-likeness (QED) is 0.542. The summed E-state index contributed by atoms with van der Waals surface area (Å²) in [5, 5.41) is 0. The lowest BCUT2D eigenvalue weighted by Gasteiger charge is -2.39. The second-order valence-electron chi connectivity index (χ2n) is 6.58. The first kappa shape index (κ1) is 11.6. The first-order chi connectivity index (χ1) is 8.27. The Balaban J connectivity index is 1.93. The molecule has 0 N–H and O–H groups in total. The minimum Gasteiger partial charge on any atom is -0.0768 e. The van der Waals surface area contributed by atoms with E-state index in [0.717, 1.165) is 23.7 Å². The molecule has 94 valence electrons.